The van der Waals surface area contributed by atoms with Crippen molar-refractivity contribution in [2.24, 2.45) is 0 Å². The molecular formula is C8H4N4O2. The molecule has 0 saturated carbocycles. The highest BCUT2D eigenvalue weighted by molar-refractivity contribution is 5.69. The van der Waals surface area contributed by atoms with E-state index < -0.39 is 5.69 Å². The van der Waals surface area contributed by atoms with Gasteiger partial charge in [-0.25, -0.2) is 14.3 Å². The fourth-order valence-electron chi connectivity index (χ4n) is 1.34. The van der Waals surface area contributed by atoms with Gasteiger partial charge in [0.15, 0.2) is 5.82 Å². The molecule has 14 heavy (non-hydrogen) atoms. The zero-order chi connectivity index (χ0) is 9.54. The predicted octanol–water partition coefficient (Wildman–Crippen LogP) is 0.206. The Morgan fingerprint density at radius 2 is 2.29 bits per heavy atom. The van der Waals surface area contributed by atoms with Gasteiger partial charge < -0.3 is 4.42 Å². The van der Waals surface area contributed by atoms with Crippen molar-refractivity contribution in [1.29, 1.82) is 0 Å². The van der Waals surface area contributed by atoms with E-state index in [4.69, 9.17) is 4.42 Å². The van der Waals surface area contributed by atoms with Gasteiger partial charge in [-0.3, -0.25) is 0 Å². The summed E-state index contributed by atoms with van der Waals surface area (Å²) in [5, 5.41) is 7.06. The average molecular weight is 188 g/mol. The summed E-state index contributed by atoms with van der Waals surface area (Å²) in [6.45, 7) is 0. The van der Waals surface area contributed by atoms with Crippen LogP contribution in [0.3, 0.4) is 0 Å². The molecule has 0 radical (unpaired) electrons. The van der Waals surface area contributed by atoms with E-state index in [0.29, 0.717) is 17.0 Å². The Bertz CT molecular complexity index is 627. The molecule has 6 heteroatoms. The summed E-state index contributed by atoms with van der Waals surface area (Å²) in [5.74, 6) is 0.385. The molecule has 0 unspecified atom stereocenters. The van der Waals surface area contributed by atoms with Crippen LogP contribution >= 0.6 is 0 Å². The molecule has 0 atom stereocenters. The van der Waals surface area contributed by atoms with Crippen LogP contribution in [0.15, 0.2) is 33.8 Å². The third-order valence-corrected chi connectivity index (χ3v) is 1.93. The molecule has 0 spiro atoms. The van der Waals surface area contributed by atoms with E-state index in [-0.39, 0.29) is 0 Å². The van der Waals surface area contributed by atoms with Gasteiger partial charge in [0.2, 0.25) is 5.71 Å². The third kappa shape index (κ3) is 0.792. The molecule has 0 amide bonds. The molecule has 68 valence electrons. The minimum atomic E-state index is -0.422. The Kier molecular flexibility index (Phi) is 1.22. The number of hydrogen-bond donors (Lipinski definition) is 0. The van der Waals surface area contributed by atoms with Crippen molar-refractivity contribution in [3.05, 3.63) is 35.1 Å². The number of nitrogens with zero attached hydrogens (tertiary/aromatic N) is 4. The molecule has 3 rings (SSSR count). The van der Waals surface area contributed by atoms with Gasteiger partial charge in [0.25, 0.3) is 0 Å². The maximum atomic E-state index is 11.3. The van der Waals surface area contributed by atoms with Crippen LogP contribution in [0.1, 0.15) is 0 Å². The maximum absolute atomic E-state index is 11.3. The molecule has 0 fully saturated rings. The summed E-state index contributed by atoms with van der Waals surface area (Å²) in [7, 11) is 0. The lowest BCUT2D eigenvalue weighted by Gasteiger charge is -2.01. The van der Waals surface area contributed by atoms with Gasteiger partial charge in [-0.1, -0.05) is 5.10 Å². The first-order valence-corrected chi connectivity index (χ1v) is 3.94. The molecule has 0 N–H and O–H groups in total. The van der Waals surface area contributed by atoms with Crippen LogP contribution < -0.4 is 5.69 Å². The number of fused-ring (bicyclic) bond motifs is 3. The molecule has 1 aromatic heterocycles. The molecule has 0 saturated heterocycles. The van der Waals surface area contributed by atoms with Crippen molar-refractivity contribution < 1.29 is 4.42 Å². The molecule has 0 aromatic carbocycles. The summed E-state index contributed by atoms with van der Waals surface area (Å²) >= 11 is 0. The smallest absolute Gasteiger partial charge is 0.372 e. The molecule has 3 heterocycles. The molecule has 6 nitrogen and oxygen atoms in total. The molecule has 2 aliphatic rings. The highest BCUT2D eigenvalue weighted by Gasteiger charge is 2.13. The van der Waals surface area contributed by atoms with Gasteiger partial charge >= 0.3 is 5.69 Å². The van der Waals surface area contributed by atoms with Gasteiger partial charge in [-0.2, -0.15) is 0 Å². The quantitative estimate of drug-likeness (QED) is 0.504. The first kappa shape index (κ1) is 7.19. The van der Waals surface area contributed by atoms with E-state index in [0.717, 1.165) is 0 Å². The van der Waals surface area contributed by atoms with Gasteiger partial charge in [-0.05, 0) is 12.1 Å². The number of aromatic nitrogens is 4. The lowest BCUT2D eigenvalue weighted by Crippen LogP contribution is -2.14. The SMILES string of the molecule is O=c1nnc2coc3ncccc3n1-2. The van der Waals surface area contributed by atoms with Gasteiger partial charge in [0.05, 0.1) is 0 Å². The second kappa shape index (κ2) is 2.38. The molecular weight excluding hydrogens is 184 g/mol. The van der Waals surface area contributed by atoms with Crippen LogP contribution in [0.5, 0.6) is 0 Å². The monoisotopic (exact) mass is 188 g/mol. The Morgan fingerprint density at radius 1 is 1.36 bits per heavy atom. The third-order valence-electron chi connectivity index (χ3n) is 1.93. The van der Waals surface area contributed by atoms with Crippen LogP contribution in [0.25, 0.3) is 17.0 Å². The van der Waals surface area contributed by atoms with E-state index >= 15 is 0 Å². The first-order chi connectivity index (χ1) is 6.86. The molecule has 2 aliphatic heterocycles. The fraction of sp³-hybridized carbons (Fsp3) is 0. The van der Waals surface area contributed by atoms with Crippen LogP contribution in [-0.2, 0) is 0 Å². The van der Waals surface area contributed by atoms with Crippen LogP contribution in [0, 0.1) is 0 Å². The Labute approximate surface area is 77.2 Å². The fourth-order valence-corrected chi connectivity index (χ4v) is 1.34. The molecule has 0 bridgehead atoms. The van der Waals surface area contributed by atoms with Crippen molar-refractivity contribution >= 4 is 11.2 Å². The minimum absolute atomic E-state index is 0.385. The Morgan fingerprint density at radius 3 is 3.21 bits per heavy atom. The van der Waals surface area contributed by atoms with E-state index in [9.17, 15) is 4.79 Å². The number of pyridine rings is 1. The second-order valence-corrected chi connectivity index (χ2v) is 2.74. The van der Waals surface area contributed by atoms with Crippen molar-refractivity contribution in [3.63, 3.8) is 0 Å². The van der Waals surface area contributed by atoms with E-state index in [1.54, 1.807) is 18.3 Å². The first-order valence-electron chi connectivity index (χ1n) is 3.94. The van der Waals surface area contributed by atoms with E-state index in [2.05, 4.69) is 15.2 Å². The van der Waals surface area contributed by atoms with Crippen LogP contribution in [0.4, 0.5) is 0 Å². The lowest BCUT2D eigenvalue weighted by atomic mass is 10.4. The summed E-state index contributed by atoms with van der Waals surface area (Å²) in [4.78, 5) is 15.3. The maximum Gasteiger partial charge on any atom is 0.372 e. The number of hydrogen-bond acceptors (Lipinski definition) is 5. The highest BCUT2D eigenvalue weighted by Crippen LogP contribution is 2.14. The zero-order valence-electron chi connectivity index (χ0n) is 6.91. The van der Waals surface area contributed by atoms with Crippen molar-refractivity contribution in [3.8, 4) is 5.82 Å². The number of rotatable bonds is 0. The van der Waals surface area contributed by atoms with Crippen molar-refractivity contribution in [2.45, 2.75) is 0 Å². The normalized spacial score (nSPS) is 11.1. The lowest BCUT2D eigenvalue weighted by molar-refractivity contribution is 0.576. The van der Waals surface area contributed by atoms with E-state index in [1.165, 1.54) is 10.8 Å². The average Bonchev–Trinajstić information content (AvgIpc) is 2.61. The van der Waals surface area contributed by atoms with Gasteiger partial charge in [0.1, 0.15) is 11.8 Å². The van der Waals surface area contributed by atoms with Crippen LogP contribution in [-0.4, -0.2) is 19.7 Å². The summed E-state index contributed by atoms with van der Waals surface area (Å²) in [6, 6.07) is 3.44. The Balaban J connectivity index is 2.64. The molecule has 0 aliphatic carbocycles. The molecule has 1 aromatic rings. The van der Waals surface area contributed by atoms with Crippen LogP contribution in [0.2, 0.25) is 0 Å². The summed E-state index contributed by atoms with van der Waals surface area (Å²) in [5.41, 5.74) is 0.533. The highest BCUT2D eigenvalue weighted by atomic mass is 16.3. The topological polar surface area (TPSA) is 73.8 Å². The predicted molar refractivity (Wildman–Crippen MR) is 46.4 cm³/mol. The van der Waals surface area contributed by atoms with Crippen molar-refractivity contribution in [1.82, 2.24) is 19.7 Å². The zero-order valence-corrected chi connectivity index (χ0v) is 6.91. The van der Waals surface area contributed by atoms with E-state index in [1.807, 2.05) is 0 Å². The standard InChI is InChI=1S/C8H4N4O2/c13-8-11-10-6-4-14-7-5(12(6)8)2-1-3-9-7/h1-4H. The summed E-state index contributed by atoms with van der Waals surface area (Å²) < 4.78 is 6.52. The Hall–Kier alpha value is -2.24. The van der Waals surface area contributed by atoms with Gasteiger partial charge in [0, 0.05) is 6.20 Å². The largest absolute Gasteiger partial charge is 0.441 e. The minimum Gasteiger partial charge on any atom is -0.441 e. The van der Waals surface area contributed by atoms with Crippen molar-refractivity contribution in [2.75, 3.05) is 0 Å². The second-order valence-electron chi connectivity index (χ2n) is 2.74. The van der Waals surface area contributed by atoms with Gasteiger partial charge in [-0.15, -0.1) is 5.10 Å². The summed E-state index contributed by atoms with van der Waals surface area (Å²) in [6.07, 6.45) is 2.94.